The fourth-order valence-electron chi connectivity index (χ4n) is 1.79. The van der Waals surface area contributed by atoms with Gasteiger partial charge in [0.2, 0.25) is 5.88 Å². The van der Waals surface area contributed by atoms with Crippen molar-refractivity contribution in [3.8, 4) is 11.6 Å². The van der Waals surface area contributed by atoms with E-state index in [0.29, 0.717) is 5.75 Å². The van der Waals surface area contributed by atoms with Crippen LogP contribution in [0.3, 0.4) is 0 Å². The van der Waals surface area contributed by atoms with Gasteiger partial charge in [-0.25, -0.2) is 18.6 Å². The topological polar surface area (TPSA) is 48.4 Å². The number of carbonyl (C=O) groups excluding carboxylic acids is 1. The molecule has 1 aromatic heterocycles. The summed E-state index contributed by atoms with van der Waals surface area (Å²) in [6.45, 7) is 2.63. The predicted molar refractivity (Wildman–Crippen MR) is 76.4 cm³/mol. The molecule has 4 nitrogen and oxygen atoms in total. The lowest BCUT2D eigenvalue weighted by Crippen LogP contribution is -2.13. The molecule has 0 aliphatic heterocycles. The Labute approximate surface area is 126 Å². The van der Waals surface area contributed by atoms with E-state index in [2.05, 4.69) is 9.72 Å². The van der Waals surface area contributed by atoms with Crippen molar-refractivity contribution >= 4 is 5.97 Å². The molecule has 22 heavy (non-hydrogen) atoms. The van der Waals surface area contributed by atoms with Crippen LogP contribution in [0.4, 0.5) is 8.78 Å². The molecule has 0 saturated heterocycles. The van der Waals surface area contributed by atoms with Crippen LogP contribution in [0.1, 0.15) is 28.5 Å². The highest BCUT2D eigenvalue weighted by Gasteiger charge is 2.30. The fraction of sp³-hybridized carbons (Fsp3) is 0.250. The molecule has 1 heterocycles. The minimum absolute atomic E-state index is 0.0994. The minimum atomic E-state index is -3.15. The lowest BCUT2D eigenvalue weighted by molar-refractivity contribution is 0.0147. The van der Waals surface area contributed by atoms with Gasteiger partial charge in [0.1, 0.15) is 5.75 Å². The van der Waals surface area contributed by atoms with E-state index in [4.69, 9.17) is 4.74 Å². The SMILES string of the molecule is COC(=O)c1ccc(C(C)(F)F)c(Oc2ccc(C)cc2)n1. The van der Waals surface area contributed by atoms with Crippen LogP contribution in [-0.4, -0.2) is 18.1 Å². The van der Waals surface area contributed by atoms with Crippen LogP contribution in [0.15, 0.2) is 36.4 Å². The number of rotatable bonds is 4. The Kier molecular flexibility index (Phi) is 4.40. The molecular weight excluding hydrogens is 292 g/mol. The third-order valence-corrected chi connectivity index (χ3v) is 2.96. The number of methoxy groups -OCH3 is 1. The smallest absolute Gasteiger partial charge is 0.356 e. The van der Waals surface area contributed by atoms with E-state index in [-0.39, 0.29) is 11.6 Å². The molecule has 0 aliphatic rings. The van der Waals surface area contributed by atoms with Crippen molar-refractivity contribution in [3.05, 3.63) is 53.2 Å². The Hall–Kier alpha value is -2.50. The number of nitrogens with zero attached hydrogens (tertiary/aromatic N) is 1. The first-order valence-corrected chi connectivity index (χ1v) is 6.53. The van der Waals surface area contributed by atoms with Gasteiger partial charge in [0.25, 0.3) is 5.92 Å². The first-order valence-electron chi connectivity index (χ1n) is 6.53. The molecule has 0 bridgehead atoms. The average molecular weight is 307 g/mol. The Morgan fingerprint density at radius 3 is 2.32 bits per heavy atom. The molecule has 0 unspecified atom stereocenters. The maximum Gasteiger partial charge on any atom is 0.356 e. The normalized spacial score (nSPS) is 11.1. The number of benzene rings is 1. The molecule has 0 radical (unpaired) electrons. The first-order chi connectivity index (χ1) is 10.3. The number of aryl methyl sites for hydroxylation is 1. The Morgan fingerprint density at radius 2 is 1.77 bits per heavy atom. The van der Waals surface area contributed by atoms with E-state index in [0.717, 1.165) is 18.6 Å². The van der Waals surface area contributed by atoms with Gasteiger partial charge >= 0.3 is 5.97 Å². The number of halogens is 2. The zero-order valence-electron chi connectivity index (χ0n) is 12.4. The van der Waals surface area contributed by atoms with Gasteiger partial charge in [-0.3, -0.25) is 0 Å². The second-order valence-corrected chi connectivity index (χ2v) is 4.84. The van der Waals surface area contributed by atoms with Crippen molar-refractivity contribution in [2.24, 2.45) is 0 Å². The molecule has 0 amide bonds. The van der Waals surface area contributed by atoms with E-state index in [9.17, 15) is 13.6 Å². The van der Waals surface area contributed by atoms with Crippen LogP contribution in [-0.2, 0) is 10.7 Å². The number of esters is 1. The van der Waals surface area contributed by atoms with E-state index >= 15 is 0 Å². The van der Waals surface area contributed by atoms with Crippen molar-refractivity contribution < 1.29 is 23.0 Å². The van der Waals surface area contributed by atoms with E-state index in [1.54, 1.807) is 24.3 Å². The van der Waals surface area contributed by atoms with Gasteiger partial charge in [0.05, 0.1) is 12.7 Å². The maximum atomic E-state index is 13.7. The Bertz CT molecular complexity index is 679. The molecule has 2 aromatic rings. The molecule has 2 rings (SSSR count). The number of alkyl halides is 2. The number of hydrogen-bond donors (Lipinski definition) is 0. The molecular formula is C16H15F2NO3. The van der Waals surface area contributed by atoms with Gasteiger partial charge in [-0.1, -0.05) is 17.7 Å². The number of carbonyl (C=O) groups is 1. The fourth-order valence-corrected chi connectivity index (χ4v) is 1.79. The molecule has 0 spiro atoms. The molecule has 0 atom stereocenters. The molecule has 0 fully saturated rings. The van der Waals surface area contributed by atoms with Crippen molar-refractivity contribution in [3.63, 3.8) is 0 Å². The summed E-state index contributed by atoms with van der Waals surface area (Å²) in [5.41, 5.74) is 0.503. The Morgan fingerprint density at radius 1 is 1.14 bits per heavy atom. The quantitative estimate of drug-likeness (QED) is 0.799. The summed E-state index contributed by atoms with van der Waals surface area (Å²) in [6, 6.07) is 9.13. The lowest BCUT2D eigenvalue weighted by Gasteiger charge is -2.16. The van der Waals surface area contributed by atoms with E-state index in [1.807, 2.05) is 6.92 Å². The van der Waals surface area contributed by atoms with Crippen molar-refractivity contribution in [1.82, 2.24) is 4.98 Å². The van der Waals surface area contributed by atoms with Gasteiger partial charge in [0.15, 0.2) is 5.69 Å². The van der Waals surface area contributed by atoms with Gasteiger partial charge in [-0.15, -0.1) is 0 Å². The zero-order chi connectivity index (χ0) is 16.3. The molecule has 0 aliphatic carbocycles. The van der Waals surface area contributed by atoms with Crippen LogP contribution in [0.2, 0.25) is 0 Å². The average Bonchev–Trinajstić information content (AvgIpc) is 2.47. The van der Waals surface area contributed by atoms with Gasteiger partial charge in [-0.2, -0.15) is 0 Å². The minimum Gasteiger partial charge on any atom is -0.464 e. The standard InChI is InChI=1S/C16H15F2NO3/c1-10-4-6-11(7-5-10)22-14-12(16(2,17)18)8-9-13(19-14)15(20)21-3/h4-9H,1-3H3. The van der Waals surface area contributed by atoms with Crippen molar-refractivity contribution in [2.75, 3.05) is 7.11 Å². The monoisotopic (exact) mass is 307 g/mol. The number of pyridine rings is 1. The van der Waals surface area contributed by atoms with Crippen LogP contribution >= 0.6 is 0 Å². The largest absolute Gasteiger partial charge is 0.464 e. The summed E-state index contributed by atoms with van der Waals surface area (Å²) in [4.78, 5) is 15.3. The molecule has 1 aromatic carbocycles. The van der Waals surface area contributed by atoms with E-state index < -0.39 is 17.5 Å². The zero-order valence-corrected chi connectivity index (χ0v) is 12.4. The van der Waals surface area contributed by atoms with Crippen LogP contribution in [0.5, 0.6) is 11.6 Å². The van der Waals surface area contributed by atoms with Crippen molar-refractivity contribution in [1.29, 1.82) is 0 Å². The highest BCUT2D eigenvalue weighted by atomic mass is 19.3. The summed E-state index contributed by atoms with van der Waals surface area (Å²) in [5, 5.41) is 0. The van der Waals surface area contributed by atoms with Crippen LogP contribution < -0.4 is 4.74 Å². The predicted octanol–water partition coefficient (Wildman–Crippen LogP) is 4.08. The van der Waals surface area contributed by atoms with Gasteiger partial charge < -0.3 is 9.47 Å². The third-order valence-electron chi connectivity index (χ3n) is 2.96. The molecule has 0 N–H and O–H groups in total. The molecule has 6 heteroatoms. The first kappa shape index (κ1) is 15.9. The summed E-state index contributed by atoms with van der Waals surface area (Å²) >= 11 is 0. The highest BCUT2D eigenvalue weighted by molar-refractivity contribution is 5.87. The van der Waals surface area contributed by atoms with Crippen LogP contribution in [0, 0.1) is 6.92 Å². The summed E-state index contributed by atoms with van der Waals surface area (Å²) in [6.07, 6.45) is 0. The number of ether oxygens (including phenoxy) is 2. The molecule has 116 valence electrons. The Balaban J connectivity index is 2.45. The summed E-state index contributed by atoms with van der Waals surface area (Å²) in [5.74, 6) is -3.84. The number of aromatic nitrogens is 1. The number of hydrogen-bond acceptors (Lipinski definition) is 4. The lowest BCUT2D eigenvalue weighted by atomic mass is 10.1. The van der Waals surface area contributed by atoms with Gasteiger partial charge in [-0.05, 0) is 31.2 Å². The second-order valence-electron chi connectivity index (χ2n) is 4.84. The summed E-state index contributed by atoms with van der Waals surface area (Å²) < 4.78 is 37.3. The summed E-state index contributed by atoms with van der Waals surface area (Å²) in [7, 11) is 1.19. The van der Waals surface area contributed by atoms with Crippen molar-refractivity contribution in [2.45, 2.75) is 19.8 Å². The van der Waals surface area contributed by atoms with E-state index in [1.165, 1.54) is 13.2 Å². The molecule has 0 saturated carbocycles. The second kappa shape index (κ2) is 6.09. The van der Waals surface area contributed by atoms with Gasteiger partial charge in [0, 0.05) is 6.92 Å². The third kappa shape index (κ3) is 3.58. The highest BCUT2D eigenvalue weighted by Crippen LogP contribution is 2.35. The maximum absolute atomic E-state index is 13.7. The van der Waals surface area contributed by atoms with Crippen LogP contribution in [0.25, 0.3) is 0 Å².